The summed E-state index contributed by atoms with van der Waals surface area (Å²) in [5.41, 5.74) is 8.12. The van der Waals surface area contributed by atoms with Gasteiger partial charge in [0.1, 0.15) is 0 Å². The molecule has 180 valence electrons. The van der Waals surface area contributed by atoms with Crippen LogP contribution in [0.25, 0.3) is 0 Å². The first-order valence-electron chi connectivity index (χ1n) is 13.5. The molecular weight excluding hydrogens is 378 g/mol. The molecule has 31 heavy (non-hydrogen) atoms. The van der Waals surface area contributed by atoms with Gasteiger partial charge in [-0.2, -0.15) is 0 Å². The van der Waals surface area contributed by atoms with Crippen LogP contribution in [0.1, 0.15) is 117 Å². The summed E-state index contributed by atoms with van der Waals surface area (Å²) in [6.07, 6.45) is 22.8. The molecule has 3 heteroatoms. The Kier molecular flexibility index (Phi) is 17.5. The van der Waals surface area contributed by atoms with Crippen molar-refractivity contribution in [2.45, 2.75) is 117 Å². The molecule has 3 nitrogen and oxygen atoms in total. The standard InChI is InChI=1S/C28H53N3/c1-4-6-7-8-9-10-11-12-13-14-15-16-17-18-19-22-25-31(5-2)26-30(3)28-24-21-20-23-27(28)29/h20-21,23-24H,4-19,22,25-26,29H2,1-3H3. The van der Waals surface area contributed by atoms with E-state index in [-0.39, 0.29) is 0 Å². The lowest BCUT2D eigenvalue weighted by molar-refractivity contribution is 0.283. The molecule has 0 aliphatic carbocycles. The van der Waals surface area contributed by atoms with Crippen molar-refractivity contribution in [3.63, 3.8) is 0 Å². The molecule has 1 aromatic rings. The third kappa shape index (κ3) is 14.5. The maximum Gasteiger partial charge on any atom is 0.0704 e. The van der Waals surface area contributed by atoms with Crippen molar-refractivity contribution in [2.75, 3.05) is 37.4 Å². The average Bonchev–Trinajstić information content (AvgIpc) is 2.78. The van der Waals surface area contributed by atoms with Gasteiger partial charge in [0, 0.05) is 7.05 Å². The molecule has 0 atom stereocenters. The summed E-state index contributed by atoms with van der Waals surface area (Å²) in [7, 11) is 2.14. The highest BCUT2D eigenvalue weighted by molar-refractivity contribution is 5.66. The van der Waals surface area contributed by atoms with E-state index in [4.69, 9.17) is 5.73 Å². The molecule has 1 aromatic carbocycles. The number of nitrogen functional groups attached to an aromatic ring is 1. The van der Waals surface area contributed by atoms with E-state index in [1.54, 1.807) is 0 Å². The molecule has 0 aliphatic rings. The van der Waals surface area contributed by atoms with Gasteiger partial charge in [-0.15, -0.1) is 0 Å². The average molecular weight is 432 g/mol. The number of benzene rings is 1. The van der Waals surface area contributed by atoms with E-state index in [0.29, 0.717) is 0 Å². The van der Waals surface area contributed by atoms with Crippen LogP contribution in [0.15, 0.2) is 24.3 Å². The van der Waals surface area contributed by atoms with Gasteiger partial charge in [-0.05, 0) is 31.6 Å². The van der Waals surface area contributed by atoms with E-state index < -0.39 is 0 Å². The Bertz CT molecular complexity index is 517. The molecule has 0 saturated heterocycles. The SMILES string of the molecule is CCCCCCCCCCCCCCCCCCN(CC)CN(C)c1ccccc1N. The summed E-state index contributed by atoms with van der Waals surface area (Å²) in [4.78, 5) is 4.79. The van der Waals surface area contributed by atoms with E-state index in [9.17, 15) is 0 Å². The second-order valence-electron chi connectivity index (χ2n) is 9.41. The van der Waals surface area contributed by atoms with Crippen LogP contribution in [-0.2, 0) is 0 Å². The lowest BCUT2D eigenvalue weighted by Crippen LogP contribution is -2.36. The maximum atomic E-state index is 6.12. The Morgan fingerprint density at radius 2 is 1.10 bits per heavy atom. The Morgan fingerprint density at radius 3 is 1.55 bits per heavy atom. The quantitative estimate of drug-likeness (QED) is 0.121. The highest BCUT2D eigenvalue weighted by Gasteiger charge is 2.09. The number of rotatable bonds is 21. The zero-order valence-corrected chi connectivity index (χ0v) is 21.2. The number of nitrogens with zero attached hydrogens (tertiary/aromatic N) is 2. The topological polar surface area (TPSA) is 32.5 Å². The molecule has 0 fully saturated rings. The molecule has 0 heterocycles. The number of hydrogen-bond acceptors (Lipinski definition) is 3. The van der Waals surface area contributed by atoms with Gasteiger partial charge in [0.2, 0.25) is 0 Å². The normalized spacial score (nSPS) is 11.4. The molecular formula is C28H53N3. The van der Waals surface area contributed by atoms with Crippen LogP contribution in [0.4, 0.5) is 11.4 Å². The number of anilines is 2. The smallest absolute Gasteiger partial charge is 0.0704 e. The van der Waals surface area contributed by atoms with Crippen LogP contribution in [0.5, 0.6) is 0 Å². The summed E-state index contributed by atoms with van der Waals surface area (Å²) in [6.45, 7) is 7.78. The van der Waals surface area contributed by atoms with Gasteiger partial charge in [0.25, 0.3) is 0 Å². The zero-order chi connectivity index (χ0) is 22.6. The summed E-state index contributed by atoms with van der Waals surface area (Å²) in [6, 6.07) is 8.16. The van der Waals surface area contributed by atoms with E-state index in [1.165, 1.54) is 109 Å². The van der Waals surface area contributed by atoms with Gasteiger partial charge in [-0.3, -0.25) is 4.90 Å². The molecule has 0 amide bonds. The number of para-hydroxylation sites is 2. The lowest BCUT2D eigenvalue weighted by atomic mass is 10.0. The van der Waals surface area contributed by atoms with Crippen molar-refractivity contribution in [1.82, 2.24) is 4.90 Å². The molecule has 0 radical (unpaired) electrons. The third-order valence-corrected chi connectivity index (χ3v) is 6.54. The Hall–Kier alpha value is -1.22. The molecule has 1 rings (SSSR count). The van der Waals surface area contributed by atoms with Gasteiger partial charge in [-0.25, -0.2) is 0 Å². The van der Waals surface area contributed by atoms with Gasteiger partial charge >= 0.3 is 0 Å². The highest BCUT2D eigenvalue weighted by Crippen LogP contribution is 2.21. The van der Waals surface area contributed by atoms with Crippen LogP contribution in [0.2, 0.25) is 0 Å². The van der Waals surface area contributed by atoms with Gasteiger partial charge in [0.05, 0.1) is 18.0 Å². The van der Waals surface area contributed by atoms with E-state index in [0.717, 1.165) is 24.6 Å². The van der Waals surface area contributed by atoms with Crippen molar-refractivity contribution >= 4 is 11.4 Å². The van der Waals surface area contributed by atoms with Gasteiger partial charge in [0.15, 0.2) is 0 Å². The molecule has 0 spiro atoms. The largest absolute Gasteiger partial charge is 0.397 e. The first-order valence-corrected chi connectivity index (χ1v) is 13.5. The molecule has 2 N–H and O–H groups in total. The summed E-state index contributed by atoms with van der Waals surface area (Å²) in [5.74, 6) is 0. The fraction of sp³-hybridized carbons (Fsp3) is 0.786. The van der Waals surface area contributed by atoms with Crippen LogP contribution >= 0.6 is 0 Å². The van der Waals surface area contributed by atoms with Gasteiger partial charge in [-0.1, -0.05) is 122 Å². The lowest BCUT2D eigenvalue weighted by Gasteiger charge is -2.29. The Labute approximate surface area is 194 Å². The summed E-state index contributed by atoms with van der Waals surface area (Å²) >= 11 is 0. The van der Waals surface area contributed by atoms with Crippen molar-refractivity contribution in [2.24, 2.45) is 0 Å². The molecule has 0 unspecified atom stereocenters. The predicted molar refractivity (Wildman–Crippen MR) is 141 cm³/mol. The second kappa shape index (κ2) is 19.5. The van der Waals surface area contributed by atoms with Crippen LogP contribution in [0, 0.1) is 0 Å². The summed E-state index contributed by atoms with van der Waals surface area (Å²) < 4.78 is 0. The van der Waals surface area contributed by atoms with E-state index >= 15 is 0 Å². The first-order chi connectivity index (χ1) is 15.2. The van der Waals surface area contributed by atoms with Crippen molar-refractivity contribution in [1.29, 1.82) is 0 Å². The number of nitrogens with two attached hydrogens (primary N) is 1. The fourth-order valence-electron chi connectivity index (χ4n) is 4.42. The minimum absolute atomic E-state index is 0.864. The van der Waals surface area contributed by atoms with Crippen LogP contribution < -0.4 is 10.6 Å². The molecule has 0 aliphatic heterocycles. The number of hydrogen-bond donors (Lipinski definition) is 1. The highest BCUT2D eigenvalue weighted by atomic mass is 15.3. The third-order valence-electron chi connectivity index (χ3n) is 6.54. The minimum Gasteiger partial charge on any atom is -0.397 e. The van der Waals surface area contributed by atoms with E-state index in [2.05, 4.69) is 42.8 Å². The molecule has 0 bridgehead atoms. The van der Waals surface area contributed by atoms with Crippen LogP contribution in [0.3, 0.4) is 0 Å². The Morgan fingerprint density at radius 1 is 0.645 bits per heavy atom. The Balaban J connectivity index is 1.92. The maximum absolute atomic E-state index is 6.12. The molecule has 0 saturated carbocycles. The van der Waals surface area contributed by atoms with Crippen molar-refractivity contribution in [3.8, 4) is 0 Å². The van der Waals surface area contributed by atoms with E-state index in [1.807, 2.05) is 12.1 Å². The fourth-order valence-corrected chi connectivity index (χ4v) is 4.42. The predicted octanol–water partition coefficient (Wildman–Crippen LogP) is 8.25. The minimum atomic E-state index is 0.864. The van der Waals surface area contributed by atoms with Crippen molar-refractivity contribution in [3.05, 3.63) is 24.3 Å². The molecule has 0 aromatic heterocycles. The van der Waals surface area contributed by atoms with Crippen molar-refractivity contribution < 1.29 is 0 Å². The monoisotopic (exact) mass is 431 g/mol. The summed E-state index contributed by atoms with van der Waals surface area (Å²) in [5, 5.41) is 0. The zero-order valence-electron chi connectivity index (χ0n) is 21.2. The van der Waals surface area contributed by atoms with Gasteiger partial charge < -0.3 is 10.6 Å². The van der Waals surface area contributed by atoms with Crippen LogP contribution in [-0.4, -0.2) is 31.7 Å². The second-order valence-corrected chi connectivity index (χ2v) is 9.41. The first kappa shape index (κ1) is 27.8. The number of unbranched alkanes of at least 4 members (excludes halogenated alkanes) is 15.